The quantitative estimate of drug-likeness (QED) is 0.175. The molecule has 7 heteroatoms. The van der Waals surface area contributed by atoms with E-state index in [1.54, 1.807) is 48.5 Å². The average molecular weight is 529 g/mol. The number of aliphatic carboxylic acids is 1. The molecule has 1 saturated carbocycles. The van der Waals surface area contributed by atoms with Gasteiger partial charge in [0.25, 0.3) is 0 Å². The molecule has 0 aliphatic heterocycles. The second kappa shape index (κ2) is 14.3. The van der Waals surface area contributed by atoms with Gasteiger partial charge in [-0.15, -0.1) is 0 Å². The van der Waals surface area contributed by atoms with Gasteiger partial charge in [0.2, 0.25) is 0 Å². The molecule has 0 unspecified atom stereocenters. The van der Waals surface area contributed by atoms with Crippen molar-refractivity contribution in [2.24, 2.45) is 5.92 Å². The predicted molar refractivity (Wildman–Crippen MR) is 151 cm³/mol. The van der Waals surface area contributed by atoms with Gasteiger partial charge in [0.1, 0.15) is 24.2 Å². The third-order valence-electron chi connectivity index (χ3n) is 7.08. The van der Waals surface area contributed by atoms with Gasteiger partial charge in [0, 0.05) is 42.1 Å². The van der Waals surface area contributed by atoms with E-state index in [-0.39, 0.29) is 12.2 Å². The highest BCUT2D eigenvalue weighted by Crippen LogP contribution is 2.28. The Labute approximate surface area is 229 Å². The Balaban J connectivity index is 1.24. The van der Waals surface area contributed by atoms with Gasteiger partial charge in [-0.1, -0.05) is 61.0 Å². The summed E-state index contributed by atoms with van der Waals surface area (Å²) in [5.74, 6) is 0.264. The summed E-state index contributed by atoms with van der Waals surface area (Å²) < 4.78 is 5.79. The largest absolute Gasteiger partial charge is 0.492 e. The number of hydrogen-bond donors (Lipinski definition) is 3. The first-order valence-electron chi connectivity index (χ1n) is 13.6. The Hall–Kier alpha value is -3.97. The molecule has 39 heavy (non-hydrogen) atoms. The number of carbonyl (C=O) groups excluding carboxylic acids is 2. The first-order chi connectivity index (χ1) is 19.0. The molecule has 0 amide bonds. The van der Waals surface area contributed by atoms with E-state index in [2.05, 4.69) is 10.6 Å². The molecule has 0 heterocycles. The second-order valence-electron chi connectivity index (χ2n) is 9.92. The zero-order chi connectivity index (χ0) is 27.5. The van der Waals surface area contributed by atoms with Gasteiger partial charge in [-0.05, 0) is 55.6 Å². The van der Waals surface area contributed by atoms with Crippen LogP contribution in [0.5, 0.6) is 5.75 Å². The highest BCUT2D eigenvalue weighted by molar-refractivity contribution is 6.12. The first-order valence-corrected chi connectivity index (χ1v) is 13.6. The number of benzene rings is 3. The monoisotopic (exact) mass is 528 g/mol. The molecule has 3 N–H and O–H groups in total. The number of carbonyl (C=O) groups is 3. The van der Waals surface area contributed by atoms with Gasteiger partial charge in [0.15, 0.2) is 5.78 Å². The van der Waals surface area contributed by atoms with E-state index in [1.165, 1.54) is 6.42 Å². The van der Waals surface area contributed by atoms with E-state index in [9.17, 15) is 19.5 Å². The Morgan fingerprint density at radius 3 is 2.31 bits per heavy atom. The average Bonchev–Trinajstić information content (AvgIpc) is 2.92. The number of carboxylic acids is 1. The van der Waals surface area contributed by atoms with Gasteiger partial charge in [-0.3, -0.25) is 9.59 Å². The number of anilines is 1. The molecule has 4 rings (SSSR count). The van der Waals surface area contributed by atoms with E-state index in [0.29, 0.717) is 53.8 Å². The molecule has 0 bridgehead atoms. The molecule has 0 spiro atoms. The van der Waals surface area contributed by atoms with Crippen LogP contribution in [0.2, 0.25) is 0 Å². The fourth-order valence-corrected chi connectivity index (χ4v) is 4.59. The summed E-state index contributed by atoms with van der Waals surface area (Å²) in [6, 6.07) is 22.4. The molecule has 204 valence electrons. The molecule has 0 aromatic heterocycles. The first kappa shape index (κ1) is 28.0. The number of ether oxygens (including phenoxy) is 1. The summed E-state index contributed by atoms with van der Waals surface area (Å²) in [5, 5.41) is 16.2. The minimum Gasteiger partial charge on any atom is -0.492 e. The van der Waals surface area contributed by atoms with Crippen LogP contribution in [0.25, 0.3) is 0 Å². The summed E-state index contributed by atoms with van der Waals surface area (Å²) in [4.78, 5) is 37.0. The highest BCUT2D eigenvalue weighted by Gasteiger charge is 2.24. The maximum absolute atomic E-state index is 13.0. The van der Waals surface area contributed by atoms with Crippen LogP contribution in [0.15, 0.2) is 78.9 Å². The van der Waals surface area contributed by atoms with Crippen molar-refractivity contribution in [1.29, 1.82) is 0 Å². The van der Waals surface area contributed by atoms with Gasteiger partial charge in [0.05, 0.1) is 0 Å². The number of nitrogens with one attached hydrogen (secondary N) is 2. The van der Waals surface area contributed by atoms with E-state index in [4.69, 9.17) is 4.74 Å². The van der Waals surface area contributed by atoms with Crippen LogP contribution < -0.4 is 15.4 Å². The smallest absolute Gasteiger partial charge is 0.326 e. The topological polar surface area (TPSA) is 105 Å². The van der Waals surface area contributed by atoms with E-state index >= 15 is 0 Å². The molecule has 3 aromatic rings. The zero-order valence-corrected chi connectivity index (χ0v) is 22.1. The lowest BCUT2D eigenvalue weighted by molar-refractivity contribution is -0.137. The van der Waals surface area contributed by atoms with Crippen molar-refractivity contribution < 1.29 is 24.2 Å². The minimum atomic E-state index is -1.00. The molecule has 1 aliphatic carbocycles. The molecule has 1 aliphatic rings. The number of hydrogen-bond acceptors (Lipinski definition) is 6. The van der Waals surface area contributed by atoms with Gasteiger partial charge >= 0.3 is 5.97 Å². The van der Waals surface area contributed by atoms with Crippen LogP contribution in [0.1, 0.15) is 53.6 Å². The third kappa shape index (κ3) is 8.26. The number of Topliss-reactive ketones (excluding diaryl/α,β-unsaturated/α-hetero) is 1. The van der Waals surface area contributed by atoms with Crippen LogP contribution in [-0.4, -0.2) is 48.4 Å². The SMILES string of the molecule is O=C(c1ccccc1)c1ccccc1N[C@@H](Cc1ccc(OCCNCCCC(=O)C2CCC2)cc1)C(=O)O. The molecule has 1 atom stereocenters. The van der Waals surface area contributed by atoms with Crippen molar-refractivity contribution in [1.82, 2.24) is 5.32 Å². The van der Waals surface area contributed by atoms with Crippen LogP contribution in [0.4, 0.5) is 5.69 Å². The van der Waals surface area contributed by atoms with Crippen LogP contribution >= 0.6 is 0 Å². The Morgan fingerprint density at radius 1 is 0.897 bits per heavy atom. The lowest BCUT2D eigenvalue weighted by Gasteiger charge is -2.23. The molecule has 7 nitrogen and oxygen atoms in total. The summed E-state index contributed by atoms with van der Waals surface area (Å²) in [7, 11) is 0. The number of rotatable bonds is 16. The highest BCUT2D eigenvalue weighted by atomic mass is 16.5. The molecule has 0 saturated heterocycles. The van der Waals surface area contributed by atoms with Gasteiger partial charge in [-0.25, -0.2) is 4.79 Å². The number of ketones is 2. The normalized spacial score (nSPS) is 13.7. The Morgan fingerprint density at radius 2 is 1.62 bits per heavy atom. The van der Waals surface area contributed by atoms with E-state index in [0.717, 1.165) is 31.4 Å². The Kier molecular flexibility index (Phi) is 10.3. The minimum absolute atomic E-state index is 0.166. The lowest BCUT2D eigenvalue weighted by atomic mass is 9.81. The van der Waals surface area contributed by atoms with Crippen molar-refractivity contribution in [3.8, 4) is 5.75 Å². The van der Waals surface area contributed by atoms with Crippen molar-refractivity contribution >= 4 is 23.2 Å². The fourth-order valence-electron chi connectivity index (χ4n) is 4.59. The second-order valence-corrected chi connectivity index (χ2v) is 9.92. The molecular formula is C32H36N2O5. The van der Waals surface area contributed by atoms with Crippen LogP contribution in [0, 0.1) is 5.92 Å². The third-order valence-corrected chi connectivity index (χ3v) is 7.08. The maximum Gasteiger partial charge on any atom is 0.326 e. The van der Waals surface area contributed by atoms with Crippen molar-refractivity contribution in [2.75, 3.05) is 25.0 Å². The predicted octanol–water partition coefficient (Wildman–Crippen LogP) is 5.14. The van der Waals surface area contributed by atoms with Crippen molar-refractivity contribution in [3.05, 3.63) is 95.6 Å². The summed E-state index contributed by atoms with van der Waals surface area (Å²) in [5.41, 5.74) is 2.29. The molecular weight excluding hydrogens is 492 g/mol. The van der Waals surface area contributed by atoms with Crippen LogP contribution in [0.3, 0.4) is 0 Å². The summed E-state index contributed by atoms with van der Waals surface area (Å²) in [6.07, 6.45) is 5.07. The standard InChI is InChI=1S/C32H36N2O5/c35-30(24-10-6-11-24)14-7-19-33-20-21-39-26-17-15-23(16-18-26)22-29(32(37)38)34-28-13-5-4-12-27(28)31(36)25-8-2-1-3-9-25/h1-5,8-9,12-13,15-18,24,29,33-34H,6-7,10-11,14,19-22H2,(H,37,38)/t29-/m0/s1. The fraction of sp³-hybridized carbons (Fsp3) is 0.344. The molecule has 3 aromatic carbocycles. The molecule has 1 fully saturated rings. The summed E-state index contributed by atoms with van der Waals surface area (Å²) in [6.45, 7) is 1.98. The van der Waals surface area contributed by atoms with E-state index in [1.807, 2.05) is 30.3 Å². The lowest BCUT2D eigenvalue weighted by Crippen LogP contribution is -2.32. The van der Waals surface area contributed by atoms with Gasteiger partial charge < -0.3 is 20.5 Å². The van der Waals surface area contributed by atoms with Crippen molar-refractivity contribution in [2.45, 2.75) is 44.6 Å². The van der Waals surface area contributed by atoms with Crippen LogP contribution in [-0.2, 0) is 16.0 Å². The maximum atomic E-state index is 13.0. The number of para-hydroxylation sites is 1. The Bertz CT molecular complexity index is 1240. The number of carboxylic acid groups (broad SMARTS) is 1. The van der Waals surface area contributed by atoms with Crippen molar-refractivity contribution in [3.63, 3.8) is 0 Å². The van der Waals surface area contributed by atoms with E-state index < -0.39 is 12.0 Å². The van der Waals surface area contributed by atoms with Gasteiger partial charge in [-0.2, -0.15) is 0 Å². The molecule has 0 radical (unpaired) electrons. The zero-order valence-electron chi connectivity index (χ0n) is 22.1. The summed E-state index contributed by atoms with van der Waals surface area (Å²) >= 11 is 0.